The summed E-state index contributed by atoms with van der Waals surface area (Å²) in [6.07, 6.45) is 1.07. The van der Waals surface area contributed by atoms with Gasteiger partial charge < -0.3 is 11.1 Å². The molecule has 5 heteroatoms. The van der Waals surface area contributed by atoms with E-state index in [4.69, 9.17) is 5.73 Å². The van der Waals surface area contributed by atoms with Gasteiger partial charge in [-0.2, -0.15) is 0 Å². The normalized spacial score (nSPS) is 22.2. The number of carbonyl (C=O) groups is 1. The summed E-state index contributed by atoms with van der Waals surface area (Å²) in [5, 5.41) is 5.70. The number of carbonyl (C=O) groups excluding carboxylic acids is 1. The number of nitrogens with one attached hydrogen (secondary N) is 1. The highest BCUT2D eigenvalue weighted by Gasteiger charge is 2.42. The van der Waals surface area contributed by atoms with E-state index >= 15 is 0 Å². The van der Waals surface area contributed by atoms with E-state index in [-0.39, 0.29) is 5.91 Å². The lowest BCUT2D eigenvalue weighted by Crippen LogP contribution is -2.39. The Kier molecular flexibility index (Phi) is 4.06. The van der Waals surface area contributed by atoms with Gasteiger partial charge in [-0.1, -0.05) is 48.5 Å². The Hall–Kier alpha value is -2.50. The second-order valence-electron chi connectivity index (χ2n) is 7.32. The first-order valence-electron chi connectivity index (χ1n) is 9.36. The summed E-state index contributed by atoms with van der Waals surface area (Å²) >= 11 is 1.44. The van der Waals surface area contributed by atoms with Crippen molar-refractivity contribution in [3.8, 4) is 0 Å². The topological polar surface area (TPSA) is 68.0 Å². The van der Waals surface area contributed by atoms with Crippen molar-refractivity contribution in [3.63, 3.8) is 0 Å². The zero-order valence-corrected chi connectivity index (χ0v) is 15.7. The summed E-state index contributed by atoms with van der Waals surface area (Å²) in [7, 11) is 0. The van der Waals surface area contributed by atoms with Crippen LogP contribution in [0.15, 0.2) is 53.9 Å². The Morgan fingerprint density at radius 3 is 2.30 bits per heavy atom. The van der Waals surface area contributed by atoms with Crippen LogP contribution in [0.4, 0.5) is 0 Å². The highest BCUT2D eigenvalue weighted by Crippen LogP contribution is 2.55. The molecule has 3 aromatic rings. The molecule has 136 valence electrons. The van der Waals surface area contributed by atoms with Crippen LogP contribution >= 0.6 is 11.3 Å². The molecule has 4 nitrogen and oxygen atoms in total. The summed E-state index contributed by atoms with van der Waals surface area (Å²) < 4.78 is 0. The number of hydrogen-bond acceptors (Lipinski definition) is 4. The van der Waals surface area contributed by atoms with Crippen molar-refractivity contribution in [1.29, 1.82) is 0 Å². The molecule has 3 N–H and O–H groups in total. The van der Waals surface area contributed by atoms with Crippen LogP contribution in [0.1, 0.15) is 56.0 Å². The molecule has 0 radical (unpaired) electrons. The fourth-order valence-electron chi connectivity index (χ4n) is 4.78. The number of thiazole rings is 1. The molecule has 1 aromatic heterocycles. The van der Waals surface area contributed by atoms with E-state index in [2.05, 4.69) is 58.8 Å². The lowest BCUT2D eigenvalue weighted by Gasteiger charge is -2.45. The number of amides is 1. The van der Waals surface area contributed by atoms with Gasteiger partial charge in [0, 0.05) is 30.3 Å². The Labute approximate surface area is 162 Å². The standard InChI is InChI=1S/C22H21N3OS/c23-10-20-25-19(12-27-20)22(26)24-11-13-9-18-14-5-1-3-7-16(14)21(13)17-8-4-2-6-15(17)18/h1-8,12-13,18,21H,9-11,23H2,(H,24,26). The predicted octanol–water partition coefficient (Wildman–Crippen LogP) is 3.63. The van der Waals surface area contributed by atoms with E-state index in [9.17, 15) is 4.79 Å². The van der Waals surface area contributed by atoms with E-state index < -0.39 is 0 Å². The molecule has 1 heterocycles. The van der Waals surface area contributed by atoms with Crippen molar-refractivity contribution in [2.75, 3.05) is 6.54 Å². The zero-order valence-electron chi connectivity index (χ0n) is 14.9. The van der Waals surface area contributed by atoms with Crippen LogP contribution in [0, 0.1) is 5.92 Å². The first-order chi connectivity index (χ1) is 13.3. The molecule has 0 saturated carbocycles. The van der Waals surface area contributed by atoms with Crippen molar-refractivity contribution in [3.05, 3.63) is 86.9 Å². The minimum Gasteiger partial charge on any atom is -0.350 e. The van der Waals surface area contributed by atoms with E-state index in [1.54, 1.807) is 5.38 Å². The van der Waals surface area contributed by atoms with Gasteiger partial charge in [0.1, 0.15) is 10.7 Å². The summed E-state index contributed by atoms with van der Waals surface area (Å²) in [4.78, 5) is 16.8. The fraction of sp³-hybridized carbons (Fsp3) is 0.273. The lowest BCUT2D eigenvalue weighted by molar-refractivity contribution is 0.0938. The molecule has 3 aliphatic rings. The van der Waals surface area contributed by atoms with Crippen molar-refractivity contribution in [2.24, 2.45) is 11.7 Å². The van der Waals surface area contributed by atoms with Gasteiger partial charge in [0.25, 0.3) is 5.91 Å². The third-order valence-electron chi connectivity index (χ3n) is 5.91. The second-order valence-corrected chi connectivity index (χ2v) is 8.27. The van der Waals surface area contributed by atoms with Crippen LogP contribution in [0.5, 0.6) is 0 Å². The molecular formula is C22H21N3OS. The molecule has 2 aromatic carbocycles. The van der Waals surface area contributed by atoms with Crippen LogP contribution in [0.3, 0.4) is 0 Å². The number of fused-ring (bicyclic) bond motifs is 1. The molecule has 0 saturated heterocycles. The molecule has 3 aliphatic carbocycles. The van der Waals surface area contributed by atoms with Gasteiger partial charge in [-0.25, -0.2) is 4.98 Å². The van der Waals surface area contributed by atoms with Crippen LogP contribution < -0.4 is 11.1 Å². The maximum Gasteiger partial charge on any atom is 0.270 e. The van der Waals surface area contributed by atoms with Gasteiger partial charge in [0.2, 0.25) is 0 Å². The highest BCUT2D eigenvalue weighted by atomic mass is 32.1. The summed E-state index contributed by atoms with van der Waals surface area (Å²) in [5.41, 5.74) is 11.8. The van der Waals surface area contributed by atoms with Gasteiger partial charge in [-0.05, 0) is 34.6 Å². The van der Waals surface area contributed by atoms with Gasteiger partial charge >= 0.3 is 0 Å². The number of benzene rings is 2. The minimum absolute atomic E-state index is 0.103. The van der Waals surface area contributed by atoms with Crippen molar-refractivity contribution < 1.29 is 4.79 Å². The second kappa shape index (κ2) is 6.59. The third kappa shape index (κ3) is 2.69. The fourth-order valence-corrected chi connectivity index (χ4v) is 5.44. The average molecular weight is 375 g/mol. The van der Waals surface area contributed by atoms with E-state index in [1.165, 1.54) is 33.6 Å². The molecule has 0 spiro atoms. The predicted molar refractivity (Wildman–Crippen MR) is 107 cm³/mol. The first-order valence-corrected chi connectivity index (χ1v) is 10.2. The lowest BCUT2D eigenvalue weighted by atomic mass is 9.59. The van der Waals surface area contributed by atoms with E-state index in [1.807, 2.05) is 0 Å². The Bertz CT molecular complexity index is 965. The summed E-state index contributed by atoms with van der Waals surface area (Å²) in [6.45, 7) is 1.04. The maximum atomic E-state index is 12.5. The van der Waals surface area contributed by atoms with Crippen LogP contribution in [0.25, 0.3) is 0 Å². The summed E-state index contributed by atoms with van der Waals surface area (Å²) in [5.74, 6) is 1.07. The van der Waals surface area contributed by atoms with E-state index in [0.717, 1.165) is 11.4 Å². The number of nitrogens with zero attached hydrogens (tertiary/aromatic N) is 1. The van der Waals surface area contributed by atoms with Gasteiger partial charge in [-0.15, -0.1) is 11.3 Å². The maximum absolute atomic E-state index is 12.5. The number of aromatic nitrogens is 1. The largest absolute Gasteiger partial charge is 0.350 e. The number of nitrogens with two attached hydrogens (primary N) is 1. The molecule has 6 rings (SSSR count). The average Bonchev–Trinajstić information content (AvgIpc) is 3.22. The first kappa shape index (κ1) is 16.7. The molecule has 1 unspecified atom stereocenters. The van der Waals surface area contributed by atoms with E-state index in [0.29, 0.717) is 36.5 Å². The van der Waals surface area contributed by atoms with Crippen molar-refractivity contribution >= 4 is 17.2 Å². The molecular weight excluding hydrogens is 354 g/mol. The van der Waals surface area contributed by atoms with Gasteiger partial charge in [-0.3, -0.25) is 4.79 Å². The molecule has 2 bridgehead atoms. The number of hydrogen-bond donors (Lipinski definition) is 2. The Morgan fingerprint density at radius 1 is 1.07 bits per heavy atom. The van der Waals surface area contributed by atoms with Crippen LogP contribution in [-0.4, -0.2) is 17.4 Å². The zero-order chi connectivity index (χ0) is 18.4. The molecule has 1 amide bonds. The van der Waals surface area contributed by atoms with Crippen molar-refractivity contribution in [2.45, 2.75) is 24.8 Å². The monoisotopic (exact) mass is 375 g/mol. The van der Waals surface area contributed by atoms with Crippen LogP contribution in [0.2, 0.25) is 0 Å². The Morgan fingerprint density at radius 2 is 1.70 bits per heavy atom. The Balaban J connectivity index is 1.41. The van der Waals surface area contributed by atoms with Gasteiger partial charge in [0.05, 0.1) is 0 Å². The summed E-state index contributed by atoms with van der Waals surface area (Å²) in [6, 6.07) is 17.6. The molecule has 1 atom stereocenters. The smallest absolute Gasteiger partial charge is 0.270 e. The van der Waals surface area contributed by atoms with Gasteiger partial charge in [0.15, 0.2) is 0 Å². The molecule has 27 heavy (non-hydrogen) atoms. The minimum atomic E-state index is -0.103. The molecule has 0 fully saturated rings. The van der Waals surface area contributed by atoms with Crippen LogP contribution in [-0.2, 0) is 6.54 Å². The quantitative estimate of drug-likeness (QED) is 0.732. The number of rotatable bonds is 4. The van der Waals surface area contributed by atoms with Crippen molar-refractivity contribution in [1.82, 2.24) is 10.3 Å². The highest BCUT2D eigenvalue weighted by molar-refractivity contribution is 7.09. The SMILES string of the molecule is NCc1nc(C(=O)NCC2CC3c4ccccc4C2c2ccccc23)cs1. The molecule has 0 aliphatic heterocycles. The third-order valence-corrected chi connectivity index (χ3v) is 6.78.